The average Bonchev–Trinajstić information content (AvgIpc) is 2.86. The molecule has 0 spiro atoms. The van der Waals surface area contributed by atoms with Gasteiger partial charge in [0, 0.05) is 6.20 Å². The number of hydrogen-bond acceptors (Lipinski definition) is 9. The molecule has 0 saturated carbocycles. The van der Waals surface area contributed by atoms with Crippen LogP contribution < -0.4 is 26.9 Å². The largest absolute Gasteiger partial charge is 0.495 e. The van der Waals surface area contributed by atoms with E-state index < -0.39 is 16.9 Å². The molecular weight excluding hydrogens is 474 g/mol. The van der Waals surface area contributed by atoms with E-state index in [9.17, 15) is 14.7 Å². The van der Waals surface area contributed by atoms with Crippen molar-refractivity contribution in [2.24, 2.45) is 5.73 Å². The van der Waals surface area contributed by atoms with Crippen LogP contribution in [0.1, 0.15) is 55.5 Å². The Kier molecular flexibility index (Phi) is 7.37. The standard InChI is InChI=1S/C26H35N7O4/c1-5-32-10-8-15(9-11-32)16-6-7-18(19(12-16)37-4)30-25-29-13-17-21(34)20(23(28)35)22(27)33(24(17)31-25)14-26(2,3)36/h6-7,12-13,15,36H,5,8-11,14,27H2,1-4H3,(H2,28,35)(H,29,30,31). The zero-order valence-electron chi connectivity index (χ0n) is 21.7. The van der Waals surface area contributed by atoms with E-state index in [1.165, 1.54) is 16.3 Å². The van der Waals surface area contributed by atoms with Crippen LogP contribution in [0.3, 0.4) is 0 Å². The van der Waals surface area contributed by atoms with Crippen molar-refractivity contribution in [3.8, 4) is 5.75 Å². The highest BCUT2D eigenvalue weighted by atomic mass is 16.5. The van der Waals surface area contributed by atoms with Crippen LogP contribution in [-0.4, -0.2) is 62.8 Å². The van der Waals surface area contributed by atoms with Crippen molar-refractivity contribution in [1.82, 2.24) is 19.4 Å². The molecule has 198 valence electrons. The van der Waals surface area contributed by atoms with Crippen LogP contribution in [0.5, 0.6) is 5.75 Å². The van der Waals surface area contributed by atoms with E-state index in [1.807, 2.05) is 12.1 Å². The number of benzene rings is 1. The number of primary amides is 1. The van der Waals surface area contributed by atoms with E-state index >= 15 is 0 Å². The fraction of sp³-hybridized carbons (Fsp3) is 0.462. The molecule has 6 N–H and O–H groups in total. The molecule has 0 atom stereocenters. The van der Waals surface area contributed by atoms with Gasteiger partial charge in [-0.3, -0.25) is 9.59 Å². The fourth-order valence-electron chi connectivity index (χ4n) is 4.85. The van der Waals surface area contributed by atoms with Gasteiger partial charge in [-0.25, -0.2) is 4.98 Å². The van der Waals surface area contributed by atoms with E-state index in [-0.39, 0.29) is 34.9 Å². The fourth-order valence-corrected chi connectivity index (χ4v) is 4.85. The van der Waals surface area contributed by atoms with Crippen LogP contribution in [-0.2, 0) is 6.54 Å². The first-order valence-electron chi connectivity index (χ1n) is 12.4. The Morgan fingerprint density at radius 1 is 1.30 bits per heavy atom. The molecule has 0 bridgehead atoms. The van der Waals surface area contributed by atoms with Gasteiger partial charge in [0.1, 0.15) is 17.1 Å². The summed E-state index contributed by atoms with van der Waals surface area (Å²) in [5.41, 5.74) is 11.4. The second-order valence-electron chi connectivity index (χ2n) is 10.1. The van der Waals surface area contributed by atoms with Gasteiger partial charge in [-0.15, -0.1) is 0 Å². The number of methoxy groups -OCH3 is 1. The van der Waals surface area contributed by atoms with Crippen molar-refractivity contribution in [1.29, 1.82) is 0 Å². The molecule has 1 fully saturated rings. The highest BCUT2D eigenvalue weighted by molar-refractivity contribution is 6.00. The minimum Gasteiger partial charge on any atom is -0.495 e. The van der Waals surface area contributed by atoms with Gasteiger partial charge in [0.15, 0.2) is 5.65 Å². The number of carbonyl (C=O) groups is 1. The highest BCUT2D eigenvalue weighted by Gasteiger charge is 2.25. The Hall–Kier alpha value is -3.70. The van der Waals surface area contributed by atoms with Crippen molar-refractivity contribution >= 4 is 34.4 Å². The monoisotopic (exact) mass is 509 g/mol. The normalized spacial score (nSPS) is 15.2. The lowest BCUT2D eigenvalue weighted by Crippen LogP contribution is -2.33. The number of rotatable bonds is 8. The smallest absolute Gasteiger partial charge is 0.256 e. The number of piperidine rings is 1. The number of nitrogens with two attached hydrogens (primary N) is 2. The van der Waals surface area contributed by atoms with Crippen LogP contribution >= 0.6 is 0 Å². The molecule has 11 nitrogen and oxygen atoms in total. The zero-order chi connectivity index (χ0) is 26.9. The van der Waals surface area contributed by atoms with Crippen molar-refractivity contribution in [2.75, 3.05) is 37.8 Å². The second kappa shape index (κ2) is 10.3. The molecule has 1 aromatic carbocycles. The van der Waals surface area contributed by atoms with Crippen LogP contribution in [0.15, 0.2) is 29.2 Å². The van der Waals surface area contributed by atoms with Crippen molar-refractivity contribution < 1.29 is 14.6 Å². The number of likely N-dealkylation sites (tertiary alicyclic amines) is 1. The summed E-state index contributed by atoms with van der Waals surface area (Å²) in [4.78, 5) is 36.1. The molecule has 11 heteroatoms. The molecule has 37 heavy (non-hydrogen) atoms. The number of carbonyl (C=O) groups excluding carboxylic acids is 1. The summed E-state index contributed by atoms with van der Waals surface area (Å²) in [6.07, 6.45) is 3.53. The average molecular weight is 510 g/mol. The van der Waals surface area contributed by atoms with Gasteiger partial charge in [-0.2, -0.15) is 4.98 Å². The predicted molar refractivity (Wildman–Crippen MR) is 143 cm³/mol. The minimum atomic E-state index is -1.21. The first-order chi connectivity index (χ1) is 17.5. The molecule has 1 aliphatic rings. The van der Waals surface area contributed by atoms with Gasteiger partial charge in [0.05, 0.1) is 30.3 Å². The Morgan fingerprint density at radius 2 is 2.00 bits per heavy atom. The molecule has 3 heterocycles. The number of amides is 1. The third kappa shape index (κ3) is 5.52. The molecule has 0 unspecified atom stereocenters. The molecule has 1 saturated heterocycles. The van der Waals surface area contributed by atoms with E-state index in [0.717, 1.165) is 32.5 Å². The number of anilines is 3. The van der Waals surface area contributed by atoms with E-state index in [0.29, 0.717) is 17.4 Å². The second-order valence-corrected chi connectivity index (χ2v) is 10.1. The molecule has 1 amide bonds. The minimum absolute atomic E-state index is 0.0266. The summed E-state index contributed by atoms with van der Waals surface area (Å²) in [5.74, 6) is 0.206. The summed E-state index contributed by atoms with van der Waals surface area (Å²) in [7, 11) is 1.61. The number of nitrogen functional groups attached to an aromatic ring is 1. The first kappa shape index (κ1) is 26.4. The first-order valence-corrected chi connectivity index (χ1v) is 12.4. The summed E-state index contributed by atoms with van der Waals surface area (Å²) in [6.45, 7) is 8.57. The number of nitrogens with one attached hydrogen (secondary N) is 1. The summed E-state index contributed by atoms with van der Waals surface area (Å²) in [6, 6.07) is 6.05. The number of nitrogens with zero attached hydrogens (tertiary/aromatic N) is 4. The molecular formula is C26H35N7O4. The molecule has 0 aliphatic carbocycles. The SMILES string of the molecule is CCN1CCC(c2ccc(Nc3ncc4c(=O)c(C(N)=O)c(N)n(CC(C)(C)O)c4n3)c(OC)c2)CC1. The number of pyridine rings is 1. The molecule has 1 aliphatic heterocycles. The lowest BCUT2D eigenvalue weighted by Gasteiger charge is -2.31. The quantitative estimate of drug-likeness (QED) is 0.357. The van der Waals surface area contributed by atoms with Gasteiger partial charge < -0.3 is 36.1 Å². The van der Waals surface area contributed by atoms with Crippen molar-refractivity contribution in [2.45, 2.75) is 51.7 Å². The number of ether oxygens (including phenoxy) is 1. The molecule has 3 aromatic rings. The number of aromatic nitrogens is 3. The maximum atomic E-state index is 12.9. The summed E-state index contributed by atoms with van der Waals surface area (Å²) >= 11 is 0. The molecule has 4 rings (SSSR count). The third-order valence-corrected chi connectivity index (χ3v) is 6.81. The Balaban J connectivity index is 1.71. The van der Waals surface area contributed by atoms with Gasteiger partial charge in [0.25, 0.3) is 5.91 Å². The van der Waals surface area contributed by atoms with E-state index in [4.69, 9.17) is 16.2 Å². The van der Waals surface area contributed by atoms with Gasteiger partial charge in [-0.05, 0) is 69.9 Å². The number of aliphatic hydroxyl groups is 1. The topological polar surface area (TPSA) is 162 Å². The highest BCUT2D eigenvalue weighted by Crippen LogP contribution is 2.35. The third-order valence-electron chi connectivity index (χ3n) is 6.81. The van der Waals surface area contributed by atoms with Gasteiger partial charge >= 0.3 is 0 Å². The number of fused-ring (bicyclic) bond motifs is 1. The Labute approximate surface area is 215 Å². The number of hydrogen-bond donors (Lipinski definition) is 4. The van der Waals surface area contributed by atoms with Crippen LogP contribution in [0.2, 0.25) is 0 Å². The van der Waals surface area contributed by atoms with Crippen LogP contribution in [0.4, 0.5) is 17.5 Å². The Bertz CT molecular complexity index is 1370. The van der Waals surface area contributed by atoms with Crippen molar-refractivity contribution in [3.05, 3.63) is 45.7 Å². The van der Waals surface area contributed by atoms with Gasteiger partial charge in [0.2, 0.25) is 11.4 Å². The molecule has 0 radical (unpaired) electrons. The summed E-state index contributed by atoms with van der Waals surface area (Å²) in [5, 5.41) is 13.7. The molecule has 2 aromatic heterocycles. The maximum Gasteiger partial charge on any atom is 0.256 e. The van der Waals surface area contributed by atoms with Crippen LogP contribution in [0, 0.1) is 0 Å². The lowest BCUT2D eigenvalue weighted by atomic mass is 9.89. The maximum absolute atomic E-state index is 12.9. The van der Waals surface area contributed by atoms with Crippen molar-refractivity contribution in [3.63, 3.8) is 0 Å². The summed E-state index contributed by atoms with van der Waals surface area (Å²) < 4.78 is 7.07. The Morgan fingerprint density at radius 3 is 2.59 bits per heavy atom. The van der Waals surface area contributed by atoms with Gasteiger partial charge in [-0.1, -0.05) is 13.0 Å². The predicted octanol–water partition coefficient (Wildman–Crippen LogP) is 2.20. The van der Waals surface area contributed by atoms with E-state index in [2.05, 4.69) is 33.2 Å². The van der Waals surface area contributed by atoms with Crippen LogP contribution in [0.25, 0.3) is 11.0 Å². The van der Waals surface area contributed by atoms with E-state index in [1.54, 1.807) is 21.0 Å². The zero-order valence-corrected chi connectivity index (χ0v) is 21.7. The lowest BCUT2D eigenvalue weighted by molar-refractivity contribution is 0.0629.